The van der Waals surface area contributed by atoms with Crippen LogP contribution >= 0.6 is 0 Å². The van der Waals surface area contributed by atoms with Gasteiger partial charge < -0.3 is 18.9 Å². The number of hydrogen-bond donors (Lipinski definition) is 0. The van der Waals surface area contributed by atoms with Gasteiger partial charge in [-0.2, -0.15) is 0 Å². The van der Waals surface area contributed by atoms with E-state index in [1.54, 1.807) is 28.4 Å². The summed E-state index contributed by atoms with van der Waals surface area (Å²) in [5.74, 6) is 2.24. The zero-order chi connectivity index (χ0) is 21.1. The molecule has 1 aromatic heterocycles. The number of carbonyl (C=O) groups is 1. The molecule has 0 saturated carbocycles. The van der Waals surface area contributed by atoms with Crippen molar-refractivity contribution >= 4 is 5.91 Å². The van der Waals surface area contributed by atoms with Crippen LogP contribution in [0.5, 0.6) is 23.0 Å². The normalized spacial score (nSPS) is 10.6. The average Bonchev–Trinajstić information content (AvgIpc) is 3.18. The van der Waals surface area contributed by atoms with Crippen molar-refractivity contribution in [3.05, 3.63) is 42.0 Å². The number of aromatic amines is 1. The molecule has 1 heterocycles. The summed E-state index contributed by atoms with van der Waals surface area (Å²) >= 11 is 0. The van der Waals surface area contributed by atoms with Gasteiger partial charge in [0.15, 0.2) is 11.5 Å². The molecule has 3 aromatic rings. The molecule has 0 atom stereocenters. The Kier molecular flexibility index (Phi) is 5.77. The Hall–Kier alpha value is -3.48. The zero-order valence-corrected chi connectivity index (χ0v) is 17.5. The fraction of sp³-hybridized carbons (Fsp3) is 0.273. The van der Waals surface area contributed by atoms with Crippen molar-refractivity contribution in [2.24, 2.45) is 0 Å². The quantitative estimate of drug-likeness (QED) is 0.635. The molecule has 1 N–H and O–H groups in total. The van der Waals surface area contributed by atoms with Gasteiger partial charge in [-0.15, -0.1) is 5.10 Å². The molecule has 0 aliphatic rings. The minimum absolute atomic E-state index is 0.132. The van der Waals surface area contributed by atoms with E-state index in [2.05, 4.69) is 5.10 Å². The van der Waals surface area contributed by atoms with Gasteiger partial charge in [-0.3, -0.25) is 4.79 Å². The zero-order valence-electron chi connectivity index (χ0n) is 17.5. The Bertz CT molecular complexity index is 1030. The molecule has 0 spiro atoms. The number of benzene rings is 2. The second-order valence-electron chi connectivity index (χ2n) is 6.51. The third kappa shape index (κ3) is 3.76. The second kappa shape index (κ2) is 8.26. The van der Waals surface area contributed by atoms with E-state index in [4.69, 9.17) is 18.9 Å². The Morgan fingerprint density at radius 1 is 0.828 bits per heavy atom. The van der Waals surface area contributed by atoms with Crippen LogP contribution in [0.25, 0.3) is 22.5 Å². The monoisotopic (exact) mass is 397 g/mol. The maximum Gasteiger partial charge on any atom is 0.280 e. The summed E-state index contributed by atoms with van der Waals surface area (Å²) in [4.78, 5) is 12.3. The minimum Gasteiger partial charge on any atom is -0.496 e. The van der Waals surface area contributed by atoms with Crippen molar-refractivity contribution < 1.29 is 28.8 Å². The molecule has 7 nitrogen and oxygen atoms in total. The molecule has 0 radical (unpaired) electrons. The Balaban J connectivity index is 2.17. The van der Waals surface area contributed by atoms with Gasteiger partial charge in [-0.05, 0) is 42.8 Å². The highest BCUT2D eigenvalue weighted by Crippen LogP contribution is 2.41. The molecule has 0 bridgehead atoms. The Labute approximate surface area is 169 Å². The van der Waals surface area contributed by atoms with E-state index in [9.17, 15) is 4.79 Å². The van der Waals surface area contributed by atoms with Crippen molar-refractivity contribution in [2.75, 3.05) is 28.4 Å². The molecule has 7 heteroatoms. The van der Waals surface area contributed by atoms with E-state index < -0.39 is 0 Å². The first kappa shape index (κ1) is 20.3. The summed E-state index contributed by atoms with van der Waals surface area (Å²) < 4.78 is 23.1. The SMILES string of the molecule is COc1ccc(-c2cc(-c3cc(OC)c(OC)c(OC)c3)[nH+]n2C(C)=O)cc1C. The lowest BCUT2D eigenvalue weighted by Crippen LogP contribution is -2.25. The molecule has 0 aliphatic carbocycles. The fourth-order valence-corrected chi connectivity index (χ4v) is 3.30. The summed E-state index contributed by atoms with van der Waals surface area (Å²) in [5.41, 5.74) is 4.16. The first-order valence-electron chi connectivity index (χ1n) is 9.04. The number of nitrogens with one attached hydrogen (secondary N) is 1. The maximum absolute atomic E-state index is 12.3. The van der Waals surface area contributed by atoms with Crippen LogP contribution in [0.3, 0.4) is 0 Å². The summed E-state index contributed by atoms with van der Waals surface area (Å²) in [6.07, 6.45) is 0. The molecular formula is C22H25N2O5+. The fourth-order valence-electron chi connectivity index (χ4n) is 3.30. The third-order valence-corrected chi connectivity index (χ3v) is 4.74. The van der Waals surface area contributed by atoms with Crippen molar-refractivity contribution in [1.29, 1.82) is 0 Å². The van der Waals surface area contributed by atoms with Crippen molar-refractivity contribution in [1.82, 2.24) is 4.68 Å². The van der Waals surface area contributed by atoms with Crippen molar-refractivity contribution in [3.8, 4) is 45.5 Å². The van der Waals surface area contributed by atoms with Crippen LogP contribution in [0.15, 0.2) is 36.4 Å². The number of rotatable bonds is 6. The lowest BCUT2D eigenvalue weighted by Gasteiger charge is -2.12. The van der Waals surface area contributed by atoms with Gasteiger partial charge in [0.2, 0.25) is 11.4 Å². The van der Waals surface area contributed by atoms with Crippen LogP contribution in [0.1, 0.15) is 17.3 Å². The molecule has 0 fully saturated rings. The first-order chi connectivity index (χ1) is 13.9. The van der Waals surface area contributed by atoms with Gasteiger partial charge in [-0.25, -0.2) is 0 Å². The topological polar surface area (TPSA) is 73.1 Å². The minimum atomic E-state index is -0.132. The van der Waals surface area contributed by atoms with Crippen LogP contribution in [0.2, 0.25) is 0 Å². The summed E-state index contributed by atoms with van der Waals surface area (Å²) in [7, 11) is 6.33. The molecule has 2 aromatic carbocycles. The number of ether oxygens (including phenoxy) is 4. The predicted octanol–water partition coefficient (Wildman–Crippen LogP) is 3.64. The van der Waals surface area contributed by atoms with Crippen LogP contribution in [-0.2, 0) is 0 Å². The van der Waals surface area contributed by atoms with Crippen LogP contribution in [-0.4, -0.2) is 39.0 Å². The van der Waals surface area contributed by atoms with E-state index in [1.165, 1.54) is 11.6 Å². The molecule has 152 valence electrons. The van der Waals surface area contributed by atoms with Gasteiger partial charge >= 0.3 is 0 Å². The number of aromatic nitrogens is 2. The van der Waals surface area contributed by atoms with E-state index in [0.29, 0.717) is 17.2 Å². The third-order valence-electron chi connectivity index (χ3n) is 4.74. The number of nitrogens with zero attached hydrogens (tertiary/aromatic N) is 1. The molecule has 29 heavy (non-hydrogen) atoms. The average molecular weight is 397 g/mol. The molecule has 0 unspecified atom stereocenters. The van der Waals surface area contributed by atoms with Gasteiger partial charge in [0.05, 0.1) is 34.0 Å². The van der Waals surface area contributed by atoms with E-state index in [0.717, 1.165) is 33.8 Å². The number of hydrogen-bond acceptors (Lipinski definition) is 5. The van der Waals surface area contributed by atoms with Gasteiger partial charge in [0.1, 0.15) is 11.4 Å². The molecule has 3 rings (SSSR count). The van der Waals surface area contributed by atoms with Crippen molar-refractivity contribution in [2.45, 2.75) is 13.8 Å². The first-order valence-corrected chi connectivity index (χ1v) is 9.04. The molecular weight excluding hydrogens is 372 g/mol. The molecule has 0 aliphatic heterocycles. The number of aryl methyl sites for hydroxylation is 1. The number of H-pyrrole nitrogens is 1. The van der Waals surface area contributed by atoms with Crippen LogP contribution in [0, 0.1) is 6.92 Å². The highest BCUT2D eigenvalue weighted by Gasteiger charge is 2.23. The number of carbonyl (C=O) groups excluding carboxylic acids is 1. The van der Waals surface area contributed by atoms with E-state index in [-0.39, 0.29) is 5.91 Å². The summed E-state index contributed by atoms with van der Waals surface area (Å²) in [5, 5.41) is 3.17. The molecule has 0 amide bonds. The van der Waals surface area contributed by atoms with E-state index in [1.807, 2.05) is 43.3 Å². The van der Waals surface area contributed by atoms with Gasteiger partial charge in [0.25, 0.3) is 5.91 Å². The number of methoxy groups -OCH3 is 4. The van der Waals surface area contributed by atoms with Crippen molar-refractivity contribution in [3.63, 3.8) is 0 Å². The lowest BCUT2D eigenvalue weighted by molar-refractivity contribution is -0.458. The predicted molar refractivity (Wildman–Crippen MR) is 109 cm³/mol. The Morgan fingerprint density at radius 2 is 1.45 bits per heavy atom. The highest BCUT2D eigenvalue weighted by molar-refractivity contribution is 5.82. The van der Waals surface area contributed by atoms with Crippen LogP contribution in [0.4, 0.5) is 0 Å². The van der Waals surface area contributed by atoms with E-state index >= 15 is 0 Å². The lowest BCUT2D eigenvalue weighted by atomic mass is 10.1. The van der Waals surface area contributed by atoms with Gasteiger partial charge in [-0.1, -0.05) is 4.68 Å². The Morgan fingerprint density at radius 3 is 1.93 bits per heavy atom. The molecule has 0 saturated heterocycles. The second-order valence-corrected chi connectivity index (χ2v) is 6.51. The van der Waals surface area contributed by atoms with Crippen LogP contribution < -0.4 is 24.0 Å². The summed E-state index contributed by atoms with van der Waals surface area (Å²) in [6.45, 7) is 3.47. The largest absolute Gasteiger partial charge is 0.496 e. The standard InChI is InChI=1S/C22H24N2O5/c1-13-9-15(7-8-19(13)26-3)18-12-17(23-24(18)14(2)25)16-10-20(27-4)22(29-6)21(11-16)28-5/h7-12H,1-6H3/p+1. The summed E-state index contributed by atoms with van der Waals surface area (Å²) in [6, 6.07) is 11.4. The highest BCUT2D eigenvalue weighted by atomic mass is 16.5. The maximum atomic E-state index is 12.3. The van der Waals surface area contributed by atoms with Gasteiger partial charge in [0, 0.05) is 18.6 Å². The smallest absolute Gasteiger partial charge is 0.280 e.